The third kappa shape index (κ3) is 5.65. The summed E-state index contributed by atoms with van der Waals surface area (Å²) in [5.41, 5.74) is 1.63. The van der Waals surface area contributed by atoms with Crippen LogP contribution in [0.1, 0.15) is 13.8 Å². The van der Waals surface area contributed by atoms with E-state index in [0.717, 1.165) is 11.1 Å². The Morgan fingerprint density at radius 2 is 1.68 bits per heavy atom. The fourth-order valence-electron chi connectivity index (χ4n) is 3.36. The summed E-state index contributed by atoms with van der Waals surface area (Å²) in [7, 11) is -3.67. The summed E-state index contributed by atoms with van der Waals surface area (Å²) in [6.45, 7) is 4.78. The molecule has 3 rings (SSSR count). The summed E-state index contributed by atoms with van der Waals surface area (Å²) < 4.78 is 26.7. The van der Waals surface area contributed by atoms with Crippen LogP contribution in [0.25, 0.3) is 11.1 Å². The zero-order valence-corrected chi connectivity index (χ0v) is 19.5. The lowest BCUT2D eigenvalue weighted by Crippen LogP contribution is -2.50. The van der Waals surface area contributed by atoms with Crippen molar-refractivity contribution in [1.82, 2.24) is 14.3 Å². The molecular formula is C20H24Cl2N4O4S. The Labute approximate surface area is 191 Å². The van der Waals surface area contributed by atoms with Gasteiger partial charge in [0.1, 0.15) is 0 Å². The molecule has 1 N–H and O–H groups in total. The van der Waals surface area contributed by atoms with Gasteiger partial charge in [-0.05, 0) is 23.6 Å². The monoisotopic (exact) mass is 486 g/mol. The average molecular weight is 487 g/mol. The number of benzene rings is 1. The minimum Gasteiger partial charge on any atom is -0.481 e. The first-order valence-corrected chi connectivity index (χ1v) is 12.2. The van der Waals surface area contributed by atoms with Gasteiger partial charge in [0, 0.05) is 44.1 Å². The van der Waals surface area contributed by atoms with E-state index in [2.05, 4.69) is 9.97 Å². The van der Waals surface area contributed by atoms with Crippen molar-refractivity contribution in [3.63, 3.8) is 0 Å². The number of anilines is 1. The maximum atomic E-state index is 12.7. The van der Waals surface area contributed by atoms with Gasteiger partial charge in [0.2, 0.25) is 16.0 Å². The number of sulfonamides is 1. The number of hydrogen-bond donors (Lipinski definition) is 1. The van der Waals surface area contributed by atoms with Crippen LogP contribution in [0.3, 0.4) is 0 Å². The van der Waals surface area contributed by atoms with E-state index in [-0.39, 0.29) is 19.0 Å². The van der Waals surface area contributed by atoms with Gasteiger partial charge in [0.15, 0.2) is 0 Å². The Bertz CT molecular complexity index is 1040. The van der Waals surface area contributed by atoms with Crippen molar-refractivity contribution in [2.45, 2.75) is 13.8 Å². The standard InChI is InChI=1S/C20H24Cl2N4O4S/c1-13(2)16(19(27)28)12-31(29,30)26-7-5-25(6-8-26)20-23-10-15(11-24-20)14-3-4-17(21)18(22)9-14/h3-4,9-11,13,16H,5-8,12H2,1-2H3,(H,27,28). The summed E-state index contributed by atoms with van der Waals surface area (Å²) in [6, 6.07) is 5.28. The second-order valence-electron chi connectivity index (χ2n) is 7.75. The maximum Gasteiger partial charge on any atom is 0.307 e. The minimum absolute atomic E-state index is 0.255. The van der Waals surface area contributed by atoms with E-state index in [1.807, 2.05) is 11.0 Å². The predicted molar refractivity (Wildman–Crippen MR) is 121 cm³/mol. The third-order valence-corrected chi connectivity index (χ3v) is 7.99. The first kappa shape index (κ1) is 23.7. The SMILES string of the molecule is CC(C)C(CS(=O)(=O)N1CCN(c2ncc(-c3ccc(Cl)c(Cl)c3)cn2)CC1)C(=O)O. The van der Waals surface area contributed by atoms with E-state index in [1.54, 1.807) is 38.4 Å². The minimum atomic E-state index is -3.67. The molecule has 168 valence electrons. The molecule has 0 aliphatic carbocycles. The first-order valence-electron chi connectivity index (χ1n) is 9.81. The molecule has 1 aliphatic heterocycles. The Balaban J connectivity index is 1.64. The van der Waals surface area contributed by atoms with Crippen molar-refractivity contribution < 1.29 is 18.3 Å². The van der Waals surface area contributed by atoms with E-state index < -0.39 is 27.7 Å². The number of carboxylic acids is 1. The molecule has 11 heteroatoms. The summed E-state index contributed by atoms with van der Waals surface area (Å²) in [6.07, 6.45) is 3.37. The normalized spacial score (nSPS) is 16.5. The number of carboxylic acid groups (broad SMARTS) is 1. The second kappa shape index (κ2) is 9.68. The van der Waals surface area contributed by atoms with Crippen LogP contribution in [0.5, 0.6) is 0 Å². The Morgan fingerprint density at radius 3 is 2.19 bits per heavy atom. The number of nitrogens with zero attached hydrogens (tertiary/aromatic N) is 4. The highest BCUT2D eigenvalue weighted by molar-refractivity contribution is 7.89. The number of aliphatic carboxylic acids is 1. The molecule has 31 heavy (non-hydrogen) atoms. The molecule has 0 saturated carbocycles. The molecule has 2 heterocycles. The van der Waals surface area contributed by atoms with Crippen molar-refractivity contribution in [3.8, 4) is 11.1 Å². The molecule has 0 bridgehead atoms. The van der Waals surface area contributed by atoms with Gasteiger partial charge in [-0.15, -0.1) is 0 Å². The average Bonchev–Trinajstić information content (AvgIpc) is 2.74. The van der Waals surface area contributed by atoms with Crippen molar-refractivity contribution in [1.29, 1.82) is 0 Å². The Hall–Kier alpha value is -1.94. The van der Waals surface area contributed by atoms with Gasteiger partial charge in [0.05, 0.1) is 21.7 Å². The zero-order chi connectivity index (χ0) is 22.8. The smallest absolute Gasteiger partial charge is 0.307 e. The molecule has 8 nitrogen and oxygen atoms in total. The topological polar surface area (TPSA) is 104 Å². The van der Waals surface area contributed by atoms with Crippen molar-refractivity contribution in [2.75, 3.05) is 36.8 Å². The second-order valence-corrected chi connectivity index (χ2v) is 10.6. The number of aromatic nitrogens is 2. The van der Waals surface area contributed by atoms with Crippen LogP contribution in [-0.2, 0) is 14.8 Å². The number of hydrogen-bond acceptors (Lipinski definition) is 6. The summed E-state index contributed by atoms with van der Waals surface area (Å²) in [5.74, 6) is -2.18. The van der Waals surface area contributed by atoms with Gasteiger partial charge >= 0.3 is 5.97 Å². The van der Waals surface area contributed by atoms with E-state index in [4.69, 9.17) is 23.2 Å². The van der Waals surface area contributed by atoms with Gasteiger partial charge in [-0.1, -0.05) is 43.1 Å². The van der Waals surface area contributed by atoms with Crippen LogP contribution in [-0.4, -0.2) is 65.7 Å². The highest BCUT2D eigenvalue weighted by Gasteiger charge is 2.34. The summed E-state index contributed by atoms with van der Waals surface area (Å²) in [4.78, 5) is 22.1. The van der Waals surface area contributed by atoms with Crippen LogP contribution in [0.2, 0.25) is 10.0 Å². The molecule has 1 saturated heterocycles. The molecule has 0 spiro atoms. The molecule has 1 unspecified atom stereocenters. The van der Waals surface area contributed by atoms with Crippen molar-refractivity contribution in [3.05, 3.63) is 40.6 Å². The summed E-state index contributed by atoms with van der Waals surface area (Å²) >= 11 is 12.0. The quantitative estimate of drug-likeness (QED) is 0.640. The Morgan fingerprint density at radius 1 is 1.06 bits per heavy atom. The van der Waals surface area contributed by atoms with Crippen LogP contribution < -0.4 is 4.90 Å². The fraction of sp³-hybridized carbons (Fsp3) is 0.450. The van der Waals surface area contributed by atoms with E-state index >= 15 is 0 Å². The first-order chi connectivity index (χ1) is 14.6. The molecule has 2 aromatic rings. The molecule has 1 fully saturated rings. The van der Waals surface area contributed by atoms with Crippen molar-refractivity contribution in [2.24, 2.45) is 11.8 Å². The molecule has 1 aromatic heterocycles. The van der Waals surface area contributed by atoms with Gasteiger partial charge in [0.25, 0.3) is 0 Å². The third-order valence-electron chi connectivity index (χ3n) is 5.32. The Kier molecular flexibility index (Phi) is 7.41. The zero-order valence-electron chi connectivity index (χ0n) is 17.2. The van der Waals surface area contributed by atoms with E-state index in [1.165, 1.54) is 4.31 Å². The van der Waals surface area contributed by atoms with Gasteiger partial charge in [-0.2, -0.15) is 4.31 Å². The molecule has 1 atom stereocenters. The maximum absolute atomic E-state index is 12.7. The van der Waals surface area contributed by atoms with E-state index in [0.29, 0.717) is 29.1 Å². The molecule has 1 aliphatic rings. The molecule has 0 amide bonds. The lowest BCUT2D eigenvalue weighted by molar-refractivity contribution is -0.142. The lowest BCUT2D eigenvalue weighted by Gasteiger charge is -2.34. The largest absolute Gasteiger partial charge is 0.481 e. The predicted octanol–water partition coefficient (Wildman–Crippen LogP) is 3.26. The fourth-order valence-corrected chi connectivity index (χ4v) is 5.57. The number of carbonyl (C=O) groups is 1. The van der Waals surface area contributed by atoms with Crippen LogP contribution >= 0.6 is 23.2 Å². The van der Waals surface area contributed by atoms with Gasteiger partial charge in [-0.25, -0.2) is 18.4 Å². The summed E-state index contributed by atoms with van der Waals surface area (Å²) in [5, 5.41) is 10.2. The number of piperazine rings is 1. The molecule has 1 aromatic carbocycles. The number of halogens is 2. The van der Waals surface area contributed by atoms with Crippen molar-refractivity contribution >= 4 is 45.1 Å². The van der Waals surface area contributed by atoms with E-state index in [9.17, 15) is 18.3 Å². The van der Waals surface area contributed by atoms with Crippen LogP contribution in [0.15, 0.2) is 30.6 Å². The molecule has 0 radical (unpaired) electrons. The highest BCUT2D eigenvalue weighted by atomic mass is 35.5. The van der Waals surface area contributed by atoms with Crippen LogP contribution in [0, 0.1) is 11.8 Å². The highest BCUT2D eigenvalue weighted by Crippen LogP contribution is 2.28. The van der Waals surface area contributed by atoms with Crippen LogP contribution in [0.4, 0.5) is 5.95 Å². The van der Waals surface area contributed by atoms with Gasteiger partial charge in [-0.3, -0.25) is 4.79 Å². The van der Waals surface area contributed by atoms with Gasteiger partial charge < -0.3 is 10.0 Å². The number of rotatable bonds is 7. The lowest BCUT2D eigenvalue weighted by atomic mass is 9.98. The molecular weight excluding hydrogens is 463 g/mol.